The summed E-state index contributed by atoms with van der Waals surface area (Å²) in [6.45, 7) is 4.41. The molecule has 2 rings (SSSR count). The molecule has 0 saturated carbocycles. The Balaban J connectivity index is 1.73. The highest BCUT2D eigenvalue weighted by molar-refractivity contribution is 5.65. The van der Waals surface area contributed by atoms with Crippen molar-refractivity contribution in [1.82, 2.24) is 0 Å². The van der Waals surface area contributed by atoms with Gasteiger partial charge in [-0.25, -0.2) is 0 Å². The Morgan fingerprint density at radius 2 is 0.917 bits per heavy atom. The third-order valence-electron chi connectivity index (χ3n) is 4.01. The summed E-state index contributed by atoms with van der Waals surface area (Å²) in [7, 11) is 0. The lowest BCUT2D eigenvalue weighted by Crippen LogP contribution is -1.89. The van der Waals surface area contributed by atoms with Gasteiger partial charge in [-0.05, 0) is 35.1 Å². The Hall–Kier alpha value is -2.22. The summed E-state index contributed by atoms with van der Waals surface area (Å²) in [5.74, 6) is 0. The van der Waals surface area contributed by atoms with Crippen LogP contribution in [0.2, 0.25) is 0 Å². The zero-order chi connectivity index (χ0) is 17.0. The summed E-state index contributed by atoms with van der Waals surface area (Å²) < 4.78 is 0. The maximum Gasteiger partial charge on any atom is 0.0313 e. The first-order valence-corrected chi connectivity index (χ1v) is 9.00. The fourth-order valence-electron chi connectivity index (χ4n) is 2.65. The van der Waals surface area contributed by atoms with Crippen molar-refractivity contribution in [3.05, 3.63) is 70.8 Å². The van der Waals surface area contributed by atoms with Crippen LogP contribution in [-0.4, -0.2) is 12.4 Å². The summed E-state index contributed by atoms with van der Waals surface area (Å²) in [5, 5.41) is 8.26. The molecule has 126 valence electrons. The van der Waals surface area contributed by atoms with E-state index in [1.807, 2.05) is 12.4 Å². The maximum atomic E-state index is 4.13. The van der Waals surface area contributed by atoms with Gasteiger partial charge in [-0.3, -0.25) is 0 Å². The second-order valence-electron chi connectivity index (χ2n) is 6.14. The number of rotatable bonds is 9. The second-order valence-corrected chi connectivity index (χ2v) is 6.14. The molecule has 0 saturated heterocycles. The molecule has 0 N–H and O–H groups in total. The van der Waals surface area contributed by atoms with E-state index in [0.717, 1.165) is 25.7 Å². The van der Waals surface area contributed by atoms with Crippen molar-refractivity contribution in [1.29, 1.82) is 0 Å². The summed E-state index contributed by atoms with van der Waals surface area (Å²) in [6.07, 6.45) is 10.1. The number of benzene rings is 2. The van der Waals surface area contributed by atoms with Gasteiger partial charge < -0.3 is 0 Å². The van der Waals surface area contributed by atoms with E-state index < -0.39 is 0 Å². The SMILES string of the molecule is CCCc1ccc(C/C=N/N=C/Cc2ccc(CCC)cc2)cc1. The molecule has 0 fully saturated rings. The Bertz CT molecular complexity index is 577. The molecule has 2 aromatic carbocycles. The van der Waals surface area contributed by atoms with Gasteiger partial charge in [0.05, 0.1) is 0 Å². The van der Waals surface area contributed by atoms with Gasteiger partial charge in [0.2, 0.25) is 0 Å². The molecule has 0 aliphatic heterocycles. The van der Waals surface area contributed by atoms with Crippen molar-refractivity contribution in [2.75, 3.05) is 0 Å². The Labute approximate surface area is 146 Å². The summed E-state index contributed by atoms with van der Waals surface area (Å²) in [6, 6.07) is 17.5. The third kappa shape index (κ3) is 6.49. The molecule has 0 atom stereocenters. The van der Waals surface area contributed by atoms with Crippen LogP contribution in [0, 0.1) is 0 Å². The lowest BCUT2D eigenvalue weighted by atomic mass is 10.1. The summed E-state index contributed by atoms with van der Waals surface area (Å²) in [5.41, 5.74) is 5.36. The molecule has 0 aromatic heterocycles. The molecule has 0 bridgehead atoms. The quantitative estimate of drug-likeness (QED) is 0.434. The first kappa shape index (κ1) is 18.1. The van der Waals surface area contributed by atoms with E-state index in [9.17, 15) is 0 Å². The standard InChI is InChI=1S/C22H28N2/c1-3-5-19-7-11-21(12-8-19)15-17-23-24-18-16-22-13-9-20(6-4-2)10-14-22/h7-14,17-18H,3-6,15-16H2,1-2H3/b23-17+,24-18+. The summed E-state index contributed by atoms with van der Waals surface area (Å²) >= 11 is 0. The minimum atomic E-state index is 0.829. The van der Waals surface area contributed by atoms with E-state index >= 15 is 0 Å². The topological polar surface area (TPSA) is 24.7 Å². The van der Waals surface area contributed by atoms with Crippen molar-refractivity contribution >= 4 is 12.4 Å². The molecule has 0 heterocycles. The van der Waals surface area contributed by atoms with Crippen molar-refractivity contribution in [2.24, 2.45) is 10.2 Å². The third-order valence-corrected chi connectivity index (χ3v) is 4.01. The fraction of sp³-hybridized carbons (Fsp3) is 0.364. The average Bonchev–Trinajstić information content (AvgIpc) is 2.61. The minimum absolute atomic E-state index is 0.829. The van der Waals surface area contributed by atoms with E-state index in [1.165, 1.54) is 35.1 Å². The normalized spacial score (nSPS) is 11.6. The molecule has 0 aliphatic rings. The van der Waals surface area contributed by atoms with Crippen LogP contribution in [0.25, 0.3) is 0 Å². The summed E-state index contributed by atoms with van der Waals surface area (Å²) in [4.78, 5) is 0. The second kappa shape index (κ2) is 10.5. The molecule has 0 unspecified atom stereocenters. The Kier molecular flexibility index (Phi) is 7.96. The van der Waals surface area contributed by atoms with Crippen LogP contribution in [0.1, 0.15) is 48.9 Å². The monoisotopic (exact) mass is 320 g/mol. The van der Waals surface area contributed by atoms with Gasteiger partial charge in [-0.2, -0.15) is 10.2 Å². The van der Waals surface area contributed by atoms with Crippen LogP contribution in [0.5, 0.6) is 0 Å². The van der Waals surface area contributed by atoms with Gasteiger partial charge in [0, 0.05) is 25.3 Å². The molecule has 0 spiro atoms. The highest BCUT2D eigenvalue weighted by Gasteiger charge is 1.94. The van der Waals surface area contributed by atoms with Crippen LogP contribution in [0.3, 0.4) is 0 Å². The lowest BCUT2D eigenvalue weighted by Gasteiger charge is -2.00. The molecule has 0 radical (unpaired) electrons. The molecular formula is C22H28N2. The Morgan fingerprint density at radius 1 is 0.583 bits per heavy atom. The molecule has 0 amide bonds. The van der Waals surface area contributed by atoms with E-state index in [2.05, 4.69) is 72.6 Å². The van der Waals surface area contributed by atoms with Crippen LogP contribution in [-0.2, 0) is 25.7 Å². The van der Waals surface area contributed by atoms with Crippen LogP contribution < -0.4 is 0 Å². The molecule has 2 aromatic rings. The van der Waals surface area contributed by atoms with Crippen LogP contribution in [0.15, 0.2) is 58.7 Å². The zero-order valence-electron chi connectivity index (χ0n) is 14.9. The van der Waals surface area contributed by atoms with Gasteiger partial charge in [0.15, 0.2) is 0 Å². The van der Waals surface area contributed by atoms with Crippen molar-refractivity contribution in [3.63, 3.8) is 0 Å². The van der Waals surface area contributed by atoms with Crippen molar-refractivity contribution in [3.8, 4) is 0 Å². The Morgan fingerprint density at radius 3 is 1.25 bits per heavy atom. The predicted molar refractivity (Wildman–Crippen MR) is 105 cm³/mol. The highest BCUT2D eigenvalue weighted by Crippen LogP contribution is 2.07. The molecular weight excluding hydrogens is 292 g/mol. The smallest absolute Gasteiger partial charge is 0.0313 e. The molecule has 2 nitrogen and oxygen atoms in total. The van der Waals surface area contributed by atoms with Gasteiger partial charge in [0.1, 0.15) is 0 Å². The first-order valence-electron chi connectivity index (χ1n) is 9.00. The van der Waals surface area contributed by atoms with Gasteiger partial charge in [-0.15, -0.1) is 0 Å². The molecule has 2 heteroatoms. The first-order chi connectivity index (χ1) is 11.8. The molecule has 0 aliphatic carbocycles. The molecule has 24 heavy (non-hydrogen) atoms. The van der Waals surface area contributed by atoms with Gasteiger partial charge >= 0.3 is 0 Å². The predicted octanol–water partition coefficient (Wildman–Crippen LogP) is 5.43. The van der Waals surface area contributed by atoms with E-state index in [1.54, 1.807) is 0 Å². The van der Waals surface area contributed by atoms with E-state index in [4.69, 9.17) is 0 Å². The highest BCUT2D eigenvalue weighted by atomic mass is 15.2. The van der Waals surface area contributed by atoms with Gasteiger partial charge in [-0.1, -0.05) is 75.2 Å². The number of nitrogens with zero attached hydrogens (tertiary/aromatic N) is 2. The average molecular weight is 320 g/mol. The van der Waals surface area contributed by atoms with Gasteiger partial charge in [0.25, 0.3) is 0 Å². The largest absolute Gasteiger partial charge is 0.164 e. The van der Waals surface area contributed by atoms with E-state index in [-0.39, 0.29) is 0 Å². The lowest BCUT2D eigenvalue weighted by molar-refractivity contribution is 0.921. The van der Waals surface area contributed by atoms with Crippen molar-refractivity contribution in [2.45, 2.75) is 52.4 Å². The number of aryl methyl sites for hydroxylation is 2. The number of hydrogen-bond acceptors (Lipinski definition) is 2. The maximum absolute atomic E-state index is 4.13. The fourth-order valence-corrected chi connectivity index (χ4v) is 2.65. The van der Waals surface area contributed by atoms with Crippen LogP contribution in [0.4, 0.5) is 0 Å². The minimum Gasteiger partial charge on any atom is -0.164 e. The zero-order valence-corrected chi connectivity index (χ0v) is 14.9. The van der Waals surface area contributed by atoms with Crippen LogP contribution >= 0.6 is 0 Å². The van der Waals surface area contributed by atoms with Crippen molar-refractivity contribution < 1.29 is 0 Å². The number of hydrogen-bond donors (Lipinski definition) is 0. The van der Waals surface area contributed by atoms with E-state index in [0.29, 0.717) is 0 Å².